The summed E-state index contributed by atoms with van der Waals surface area (Å²) in [7, 11) is 0. The molecule has 2 aromatic rings. The molecule has 2 saturated heterocycles. The lowest BCUT2D eigenvalue weighted by Crippen LogP contribution is -2.29. The summed E-state index contributed by atoms with van der Waals surface area (Å²) >= 11 is 0. The van der Waals surface area contributed by atoms with Gasteiger partial charge < -0.3 is 5.32 Å². The molecule has 2 fully saturated rings. The van der Waals surface area contributed by atoms with Crippen LogP contribution in [0.25, 0.3) is 11.2 Å². The lowest BCUT2D eigenvalue weighted by molar-refractivity contribution is 0.202. The highest BCUT2D eigenvalue weighted by Crippen LogP contribution is 2.32. The van der Waals surface area contributed by atoms with Gasteiger partial charge in [-0.3, -0.25) is 9.47 Å². The molecule has 4 rings (SSSR count). The van der Waals surface area contributed by atoms with Crippen molar-refractivity contribution in [3.63, 3.8) is 0 Å². The van der Waals surface area contributed by atoms with E-state index in [1.54, 1.807) is 0 Å². The molecular formula is C17H25N5. The first-order valence-electron chi connectivity index (χ1n) is 8.63. The number of hydrogen-bond acceptors (Lipinski definition) is 4. The molecule has 118 valence electrons. The molecule has 0 amide bonds. The van der Waals surface area contributed by atoms with Crippen LogP contribution in [0, 0.1) is 5.92 Å². The second-order valence-electron chi connectivity index (χ2n) is 6.56. The van der Waals surface area contributed by atoms with E-state index in [0.717, 1.165) is 37.2 Å². The SMILES string of the molecule is CCN1CCCC1n1c(CC2CCNC2)nc2cccnc21. The van der Waals surface area contributed by atoms with Gasteiger partial charge in [-0.25, -0.2) is 9.97 Å². The number of aromatic nitrogens is 3. The summed E-state index contributed by atoms with van der Waals surface area (Å²) in [6.07, 6.45) is 7.15. The van der Waals surface area contributed by atoms with Crippen LogP contribution in [0.2, 0.25) is 0 Å². The van der Waals surface area contributed by atoms with Crippen LogP contribution in [0.1, 0.15) is 38.2 Å². The lowest BCUT2D eigenvalue weighted by atomic mass is 10.0. The van der Waals surface area contributed by atoms with Crippen LogP contribution in [0.5, 0.6) is 0 Å². The molecule has 5 nitrogen and oxygen atoms in total. The van der Waals surface area contributed by atoms with Crippen molar-refractivity contribution in [1.29, 1.82) is 0 Å². The van der Waals surface area contributed by atoms with Crippen molar-refractivity contribution < 1.29 is 0 Å². The minimum Gasteiger partial charge on any atom is -0.316 e. The van der Waals surface area contributed by atoms with Crippen LogP contribution >= 0.6 is 0 Å². The average molecular weight is 299 g/mol. The number of likely N-dealkylation sites (tertiary alicyclic amines) is 1. The van der Waals surface area contributed by atoms with Gasteiger partial charge >= 0.3 is 0 Å². The van der Waals surface area contributed by atoms with Gasteiger partial charge in [0.15, 0.2) is 5.65 Å². The lowest BCUT2D eigenvalue weighted by Gasteiger charge is -2.26. The molecule has 2 aliphatic rings. The smallest absolute Gasteiger partial charge is 0.161 e. The molecule has 0 spiro atoms. The maximum absolute atomic E-state index is 4.94. The molecule has 0 aliphatic carbocycles. The van der Waals surface area contributed by atoms with Crippen molar-refractivity contribution in [3.8, 4) is 0 Å². The number of nitrogens with one attached hydrogen (secondary N) is 1. The van der Waals surface area contributed by atoms with Crippen molar-refractivity contribution in [3.05, 3.63) is 24.2 Å². The third kappa shape index (κ3) is 2.42. The average Bonchev–Trinajstić information content (AvgIpc) is 3.25. The van der Waals surface area contributed by atoms with E-state index >= 15 is 0 Å². The Labute approximate surface area is 131 Å². The molecular weight excluding hydrogens is 274 g/mol. The van der Waals surface area contributed by atoms with Gasteiger partial charge in [-0.15, -0.1) is 0 Å². The summed E-state index contributed by atoms with van der Waals surface area (Å²) in [6.45, 7) is 6.82. The van der Waals surface area contributed by atoms with E-state index in [1.165, 1.54) is 31.6 Å². The van der Waals surface area contributed by atoms with Crippen molar-refractivity contribution in [2.75, 3.05) is 26.2 Å². The standard InChI is InChI=1S/C17H25N5/c1-2-21-10-4-6-16(21)22-15(11-13-7-9-18-12-13)20-14-5-3-8-19-17(14)22/h3,5,8,13,16,18H,2,4,6-7,9-12H2,1H3. The molecule has 2 aliphatic heterocycles. The van der Waals surface area contributed by atoms with Crippen LogP contribution in [-0.2, 0) is 6.42 Å². The van der Waals surface area contributed by atoms with E-state index in [2.05, 4.69) is 32.8 Å². The van der Waals surface area contributed by atoms with Crippen molar-refractivity contribution in [2.24, 2.45) is 5.92 Å². The van der Waals surface area contributed by atoms with E-state index in [4.69, 9.17) is 4.98 Å². The molecule has 0 saturated carbocycles. The molecule has 0 radical (unpaired) electrons. The quantitative estimate of drug-likeness (QED) is 0.940. The van der Waals surface area contributed by atoms with Gasteiger partial charge in [0.05, 0.1) is 6.17 Å². The number of rotatable bonds is 4. The Kier molecular flexibility index (Phi) is 3.84. The van der Waals surface area contributed by atoms with E-state index in [0.29, 0.717) is 12.1 Å². The van der Waals surface area contributed by atoms with Gasteiger partial charge in [-0.2, -0.15) is 0 Å². The number of pyridine rings is 1. The van der Waals surface area contributed by atoms with Gasteiger partial charge in [-0.05, 0) is 56.9 Å². The minimum atomic E-state index is 0.439. The third-order valence-corrected chi connectivity index (χ3v) is 5.19. The molecule has 2 aromatic heterocycles. The number of nitrogens with zero attached hydrogens (tertiary/aromatic N) is 4. The third-order valence-electron chi connectivity index (χ3n) is 5.19. The topological polar surface area (TPSA) is 46.0 Å². The normalized spacial score (nSPS) is 26.2. The van der Waals surface area contributed by atoms with Gasteiger partial charge in [0, 0.05) is 19.2 Å². The second-order valence-corrected chi connectivity index (χ2v) is 6.56. The Morgan fingerprint density at radius 3 is 3.14 bits per heavy atom. The molecule has 5 heteroatoms. The van der Waals surface area contributed by atoms with Crippen LogP contribution in [-0.4, -0.2) is 45.6 Å². The Bertz CT molecular complexity index is 644. The van der Waals surface area contributed by atoms with Crippen LogP contribution in [0.3, 0.4) is 0 Å². The Hall–Kier alpha value is -1.46. The fourth-order valence-electron chi connectivity index (χ4n) is 4.05. The van der Waals surface area contributed by atoms with Crippen molar-refractivity contribution >= 4 is 11.2 Å². The van der Waals surface area contributed by atoms with Gasteiger partial charge in [-0.1, -0.05) is 6.92 Å². The summed E-state index contributed by atoms with van der Waals surface area (Å²) < 4.78 is 2.43. The Balaban J connectivity index is 1.75. The maximum atomic E-state index is 4.94. The van der Waals surface area contributed by atoms with E-state index in [1.807, 2.05) is 12.3 Å². The highest BCUT2D eigenvalue weighted by Gasteiger charge is 2.29. The van der Waals surface area contributed by atoms with Crippen molar-refractivity contribution in [1.82, 2.24) is 24.8 Å². The first-order valence-corrected chi connectivity index (χ1v) is 8.63. The predicted octanol–water partition coefficient (Wildman–Crippen LogP) is 2.20. The van der Waals surface area contributed by atoms with Crippen LogP contribution in [0.15, 0.2) is 18.3 Å². The number of hydrogen-bond donors (Lipinski definition) is 1. The summed E-state index contributed by atoms with van der Waals surface area (Å²) in [4.78, 5) is 12.1. The zero-order chi connectivity index (χ0) is 14.9. The van der Waals surface area contributed by atoms with Crippen molar-refractivity contribution in [2.45, 2.75) is 38.8 Å². The first-order chi connectivity index (χ1) is 10.9. The summed E-state index contributed by atoms with van der Waals surface area (Å²) in [5, 5.41) is 3.47. The maximum Gasteiger partial charge on any atom is 0.161 e. The molecule has 4 heterocycles. The highest BCUT2D eigenvalue weighted by molar-refractivity contribution is 5.71. The Morgan fingerprint density at radius 1 is 1.36 bits per heavy atom. The first kappa shape index (κ1) is 14.2. The fraction of sp³-hybridized carbons (Fsp3) is 0.647. The molecule has 2 unspecified atom stereocenters. The molecule has 0 aromatic carbocycles. The Morgan fingerprint density at radius 2 is 2.32 bits per heavy atom. The second kappa shape index (κ2) is 5.97. The minimum absolute atomic E-state index is 0.439. The fourth-order valence-corrected chi connectivity index (χ4v) is 4.05. The highest BCUT2D eigenvalue weighted by atomic mass is 15.3. The molecule has 2 atom stereocenters. The van der Waals surface area contributed by atoms with Gasteiger partial charge in [0.25, 0.3) is 0 Å². The molecule has 0 bridgehead atoms. The predicted molar refractivity (Wildman–Crippen MR) is 87.7 cm³/mol. The van der Waals surface area contributed by atoms with E-state index in [-0.39, 0.29) is 0 Å². The van der Waals surface area contributed by atoms with Crippen LogP contribution < -0.4 is 5.32 Å². The number of imidazole rings is 1. The summed E-state index contributed by atoms with van der Waals surface area (Å²) in [5.74, 6) is 1.94. The number of fused-ring (bicyclic) bond motifs is 1. The van der Waals surface area contributed by atoms with Crippen LogP contribution in [0.4, 0.5) is 0 Å². The van der Waals surface area contributed by atoms with Gasteiger partial charge in [0.1, 0.15) is 11.3 Å². The largest absolute Gasteiger partial charge is 0.316 e. The summed E-state index contributed by atoms with van der Waals surface area (Å²) in [5.41, 5.74) is 2.11. The zero-order valence-corrected chi connectivity index (χ0v) is 13.3. The molecule has 22 heavy (non-hydrogen) atoms. The monoisotopic (exact) mass is 299 g/mol. The van der Waals surface area contributed by atoms with E-state index in [9.17, 15) is 0 Å². The van der Waals surface area contributed by atoms with Gasteiger partial charge in [0.2, 0.25) is 0 Å². The zero-order valence-electron chi connectivity index (χ0n) is 13.3. The molecule has 1 N–H and O–H groups in total. The van der Waals surface area contributed by atoms with E-state index < -0.39 is 0 Å². The summed E-state index contributed by atoms with van der Waals surface area (Å²) in [6, 6.07) is 4.09.